The quantitative estimate of drug-likeness (QED) is 0.717. The Kier molecular flexibility index (Phi) is 6.76. The van der Waals surface area contributed by atoms with Crippen LogP contribution in [0.5, 0.6) is 0 Å². The second-order valence-corrected chi connectivity index (χ2v) is 5.31. The fourth-order valence-electron chi connectivity index (χ4n) is 2.55. The van der Waals surface area contributed by atoms with Crippen LogP contribution in [-0.4, -0.2) is 23.5 Å². The van der Waals surface area contributed by atoms with Gasteiger partial charge in [0.15, 0.2) is 0 Å². The number of hydrogen-bond donors (Lipinski definition) is 2. The fraction of sp³-hybridized carbons (Fsp3) is 0.857. The SMILES string of the molecule is CCC(CNC(=O)CC1CCCCCC1)C(=O)O. The van der Waals surface area contributed by atoms with Crippen molar-refractivity contribution in [2.45, 2.75) is 58.3 Å². The molecule has 0 radical (unpaired) electrons. The van der Waals surface area contributed by atoms with Gasteiger partial charge in [0.2, 0.25) is 5.91 Å². The van der Waals surface area contributed by atoms with E-state index in [0.29, 0.717) is 18.8 Å². The summed E-state index contributed by atoms with van der Waals surface area (Å²) in [4.78, 5) is 22.6. The summed E-state index contributed by atoms with van der Waals surface area (Å²) in [6.45, 7) is 2.09. The molecule has 1 atom stereocenters. The Morgan fingerprint density at radius 3 is 2.33 bits per heavy atom. The van der Waals surface area contributed by atoms with Gasteiger partial charge in [-0.2, -0.15) is 0 Å². The second-order valence-electron chi connectivity index (χ2n) is 5.31. The molecule has 4 heteroatoms. The number of amides is 1. The molecule has 1 unspecified atom stereocenters. The molecular formula is C14H25NO3. The predicted octanol–water partition coefficient (Wildman–Crippen LogP) is 2.57. The largest absolute Gasteiger partial charge is 0.481 e. The summed E-state index contributed by atoms with van der Waals surface area (Å²) in [5.74, 6) is -0.769. The van der Waals surface area contributed by atoms with Crippen LogP contribution in [0.15, 0.2) is 0 Å². The first kappa shape index (κ1) is 15.0. The predicted molar refractivity (Wildman–Crippen MR) is 70.2 cm³/mol. The van der Waals surface area contributed by atoms with E-state index in [2.05, 4.69) is 5.32 Å². The van der Waals surface area contributed by atoms with E-state index < -0.39 is 11.9 Å². The Labute approximate surface area is 109 Å². The van der Waals surface area contributed by atoms with Gasteiger partial charge in [0, 0.05) is 13.0 Å². The zero-order valence-electron chi connectivity index (χ0n) is 11.3. The molecule has 0 aromatic rings. The average molecular weight is 255 g/mol. The molecule has 0 aromatic heterocycles. The minimum Gasteiger partial charge on any atom is -0.481 e. The van der Waals surface area contributed by atoms with Crippen LogP contribution in [0.25, 0.3) is 0 Å². The van der Waals surface area contributed by atoms with Crippen LogP contribution in [0.2, 0.25) is 0 Å². The molecule has 1 aliphatic carbocycles. The van der Waals surface area contributed by atoms with E-state index in [4.69, 9.17) is 5.11 Å². The van der Waals surface area contributed by atoms with Crippen molar-refractivity contribution in [3.05, 3.63) is 0 Å². The summed E-state index contributed by atoms with van der Waals surface area (Å²) in [6.07, 6.45) is 8.43. The number of carbonyl (C=O) groups is 2. The first-order valence-electron chi connectivity index (χ1n) is 7.13. The molecule has 1 saturated carbocycles. The lowest BCUT2D eigenvalue weighted by Crippen LogP contribution is -2.33. The highest BCUT2D eigenvalue weighted by molar-refractivity contribution is 5.77. The van der Waals surface area contributed by atoms with Crippen LogP contribution in [0.1, 0.15) is 58.3 Å². The van der Waals surface area contributed by atoms with Crippen molar-refractivity contribution in [3.8, 4) is 0 Å². The maximum Gasteiger partial charge on any atom is 0.308 e. The van der Waals surface area contributed by atoms with E-state index in [-0.39, 0.29) is 12.5 Å². The topological polar surface area (TPSA) is 66.4 Å². The van der Waals surface area contributed by atoms with Crippen LogP contribution < -0.4 is 5.32 Å². The minimum absolute atomic E-state index is 0.0154. The molecule has 2 N–H and O–H groups in total. The van der Waals surface area contributed by atoms with Crippen LogP contribution in [0, 0.1) is 11.8 Å². The van der Waals surface area contributed by atoms with Gasteiger partial charge in [0.05, 0.1) is 5.92 Å². The molecule has 1 aliphatic rings. The lowest BCUT2D eigenvalue weighted by molar-refractivity contribution is -0.141. The highest BCUT2D eigenvalue weighted by Crippen LogP contribution is 2.25. The number of carboxylic acid groups (broad SMARTS) is 1. The molecule has 1 amide bonds. The van der Waals surface area contributed by atoms with Gasteiger partial charge in [-0.3, -0.25) is 9.59 Å². The van der Waals surface area contributed by atoms with Crippen molar-refractivity contribution in [3.63, 3.8) is 0 Å². The molecular weight excluding hydrogens is 230 g/mol. The van der Waals surface area contributed by atoms with Crippen molar-refractivity contribution >= 4 is 11.9 Å². The molecule has 104 valence electrons. The maximum atomic E-state index is 11.8. The van der Waals surface area contributed by atoms with Gasteiger partial charge in [-0.25, -0.2) is 0 Å². The molecule has 1 rings (SSSR count). The third-order valence-electron chi connectivity index (χ3n) is 3.84. The summed E-state index contributed by atoms with van der Waals surface area (Å²) in [5.41, 5.74) is 0. The monoisotopic (exact) mass is 255 g/mol. The lowest BCUT2D eigenvalue weighted by Gasteiger charge is -2.15. The number of hydrogen-bond acceptors (Lipinski definition) is 2. The third kappa shape index (κ3) is 5.52. The second kappa shape index (κ2) is 8.11. The van der Waals surface area contributed by atoms with Gasteiger partial charge in [-0.05, 0) is 25.2 Å². The van der Waals surface area contributed by atoms with Crippen molar-refractivity contribution in [1.82, 2.24) is 5.32 Å². The van der Waals surface area contributed by atoms with Gasteiger partial charge < -0.3 is 10.4 Å². The molecule has 0 saturated heterocycles. The highest BCUT2D eigenvalue weighted by Gasteiger charge is 2.19. The average Bonchev–Trinajstić information content (AvgIpc) is 2.58. The van der Waals surface area contributed by atoms with Crippen molar-refractivity contribution in [2.24, 2.45) is 11.8 Å². The Hall–Kier alpha value is -1.06. The molecule has 0 bridgehead atoms. The standard InChI is InChI=1S/C14H25NO3/c1-2-12(14(17)18)10-15-13(16)9-11-7-5-3-4-6-8-11/h11-12H,2-10H2,1H3,(H,15,16)(H,17,18). The number of carbonyl (C=O) groups excluding carboxylic acids is 1. The Morgan fingerprint density at radius 2 is 1.83 bits per heavy atom. The van der Waals surface area contributed by atoms with E-state index in [9.17, 15) is 9.59 Å². The Morgan fingerprint density at radius 1 is 1.22 bits per heavy atom. The van der Waals surface area contributed by atoms with E-state index in [1.165, 1.54) is 25.7 Å². The summed E-state index contributed by atoms with van der Waals surface area (Å²) in [5, 5.41) is 11.7. The number of carboxylic acids is 1. The fourth-order valence-corrected chi connectivity index (χ4v) is 2.55. The van der Waals surface area contributed by atoms with Crippen LogP contribution >= 0.6 is 0 Å². The number of aliphatic carboxylic acids is 1. The molecule has 0 spiro atoms. The van der Waals surface area contributed by atoms with Gasteiger partial charge in [-0.15, -0.1) is 0 Å². The number of nitrogens with one attached hydrogen (secondary N) is 1. The first-order valence-corrected chi connectivity index (χ1v) is 7.13. The number of rotatable bonds is 6. The van der Waals surface area contributed by atoms with E-state index in [0.717, 1.165) is 12.8 Å². The highest BCUT2D eigenvalue weighted by atomic mass is 16.4. The lowest BCUT2D eigenvalue weighted by atomic mass is 9.96. The van der Waals surface area contributed by atoms with Crippen molar-refractivity contribution in [1.29, 1.82) is 0 Å². The first-order chi connectivity index (χ1) is 8.63. The van der Waals surface area contributed by atoms with Crippen molar-refractivity contribution in [2.75, 3.05) is 6.54 Å². The van der Waals surface area contributed by atoms with Crippen LogP contribution in [-0.2, 0) is 9.59 Å². The zero-order chi connectivity index (χ0) is 13.4. The van der Waals surface area contributed by atoms with Crippen LogP contribution in [0.3, 0.4) is 0 Å². The molecule has 18 heavy (non-hydrogen) atoms. The Bertz CT molecular complexity index is 270. The third-order valence-corrected chi connectivity index (χ3v) is 3.84. The Balaban J connectivity index is 2.25. The maximum absolute atomic E-state index is 11.8. The van der Waals surface area contributed by atoms with E-state index in [1.807, 2.05) is 6.92 Å². The smallest absolute Gasteiger partial charge is 0.308 e. The molecule has 1 fully saturated rings. The van der Waals surface area contributed by atoms with Gasteiger partial charge in [-0.1, -0.05) is 32.6 Å². The molecule has 0 aromatic carbocycles. The normalized spacial score (nSPS) is 18.9. The summed E-state index contributed by atoms with van der Waals surface area (Å²) in [7, 11) is 0. The summed E-state index contributed by atoms with van der Waals surface area (Å²) >= 11 is 0. The summed E-state index contributed by atoms with van der Waals surface area (Å²) in [6, 6.07) is 0. The van der Waals surface area contributed by atoms with Gasteiger partial charge in [0.25, 0.3) is 0 Å². The van der Waals surface area contributed by atoms with Gasteiger partial charge >= 0.3 is 5.97 Å². The molecule has 0 heterocycles. The zero-order valence-corrected chi connectivity index (χ0v) is 11.3. The van der Waals surface area contributed by atoms with E-state index in [1.54, 1.807) is 0 Å². The molecule has 4 nitrogen and oxygen atoms in total. The van der Waals surface area contributed by atoms with Crippen molar-refractivity contribution < 1.29 is 14.7 Å². The summed E-state index contributed by atoms with van der Waals surface area (Å²) < 4.78 is 0. The van der Waals surface area contributed by atoms with E-state index >= 15 is 0 Å². The van der Waals surface area contributed by atoms with Crippen LogP contribution in [0.4, 0.5) is 0 Å². The molecule has 0 aliphatic heterocycles. The minimum atomic E-state index is -0.827. The van der Waals surface area contributed by atoms with Gasteiger partial charge in [0.1, 0.15) is 0 Å².